The van der Waals surface area contributed by atoms with Crippen LogP contribution in [0.3, 0.4) is 0 Å². The van der Waals surface area contributed by atoms with Gasteiger partial charge in [0.05, 0.1) is 5.60 Å². The van der Waals surface area contributed by atoms with Crippen molar-refractivity contribution in [2.45, 2.75) is 31.4 Å². The van der Waals surface area contributed by atoms with Crippen LogP contribution in [-0.4, -0.2) is 19.3 Å². The molecule has 1 aliphatic rings. The van der Waals surface area contributed by atoms with Crippen molar-refractivity contribution in [1.29, 1.82) is 0 Å². The molecule has 0 saturated heterocycles. The molecule has 0 aliphatic heterocycles. The lowest BCUT2D eigenvalue weighted by Gasteiger charge is -2.40. The molecule has 1 N–H and O–H groups in total. The summed E-state index contributed by atoms with van der Waals surface area (Å²) >= 11 is 5.70. The maximum absolute atomic E-state index is 13.5. The minimum absolute atomic E-state index is 0.0249. The molecule has 0 spiro atoms. The molecule has 0 atom stereocenters. The average molecular weight is 258 g/mol. The van der Waals surface area contributed by atoms with Crippen LogP contribution in [-0.2, 0) is 11.3 Å². The van der Waals surface area contributed by atoms with Gasteiger partial charge in [-0.3, -0.25) is 0 Å². The van der Waals surface area contributed by atoms with Gasteiger partial charge >= 0.3 is 0 Å². The van der Waals surface area contributed by atoms with Crippen LogP contribution >= 0.6 is 11.6 Å². The fourth-order valence-electron chi connectivity index (χ4n) is 2.11. The molecule has 4 heteroatoms. The summed E-state index contributed by atoms with van der Waals surface area (Å²) < 4.78 is 19.0. The first-order valence-electron chi connectivity index (χ1n) is 5.85. The molecule has 0 bridgehead atoms. The van der Waals surface area contributed by atoms with Crippen LogP contribution in [0, 0.1) is 5.82 Å². The van der Waals surface area contributed by atoms with Gasteiger partial charge in [-0.15, -0.1) is 0 Å². The van der Waals surface area contributed by atoms with E-state index in [2.05, 4.69) is 5.32 Å². The second-order valence-electron chi connectivity index (χ2n) is 4.58. The maximum Gasteiger partial charge on any atom is 0.129 e. The summed E-state index contributed by atoms with van der Waals surface area (Å²) in [7, 11) is 1.74. The van der Waals surface area contributed by atoms with E-state index in [1.165, 1.54) is 12.5 Å². The van der Waals surface area contributed by atoms with Gasteiger partial charge in [0.1, 0.15) is 5.82 Å². The molecule has 2 rings (SSSR count). The normalized spacial score (nSPS) is 17.8. The Labute approximate surface area is 106 Å². The standard InChI is InChI=1S/C13H17ClFNO/c1-17-13(5-2-6-13)9-16-8-10-3-4-11(14)7-12(10)15/h3-4,7,16H,2,5-6,8-9H2,1H3. The Morgan fingerprint density at radius 1 is 1.47 bits per heavy atom. The number of nitrogens with one attached hydrogen (secondary N) is 1. The maximum atomic E-state index is 13.5. The summed E-state index contributed by atoms with van der Waals surface area (Å²) in [4.78, 5) is 0. The van der Waals surface area contributed by atoms with Crippen molar-refractivity contribution < 1.29 is 9.13 Å². The summed E-state index contributed by atoms with van der Waals surface area (Å²) in [5.74, 6) is -0.259. The highest BCUT2D eigenvalue weighted by atomic mass is 35.5. The van der Waals surface area contributed by atoms with Crippen molar-refractivity contribution in [2.75, 3.05) is 13.7 Å². The molecule has 1 fully saturated rings. The molecule has 0 heterocycles. The van der Waals surface area contributed by atoms with Gasteiger partial charge in [-0.2, -0.15) is 0 Å². The largest absolute Gasteiger partial charge is 0.377 e. The van der Waals surface area contributed by atoms with Gasteiger partial charge in [0, 0.05) is 30.8 Å². The number of hydrogen-bond donors (Lipinski definition) is 1. The van der Waals surface area contributed by atoms with Crippen LogP contribution in [0.2, 0.25) is 5.02 Å². The smallest absolute Gasteiger partial charge is 0.129 e. The van der Waals surface area contributed by atoms with E-state index in [4.69, 9.17) is 16.3 Å². The van der Waals surface area contributed by atoms with Crippen molar-refractivity contribution in [3.63, 3.8) is 0 Å². The minimum Gasteiger partial charge on any atom is -0.377 e. The predicted octanol–water partition coefficient (Wildman–Crippen LogP) is 3.14. The van der Waals surface area contributed by atoms with E-state index in [9.17, 15) is 4.39 Å². The summed E-state index contributed by atoms with van der Waals surface area (Å²) in [6.45, 7) is 1.28. The highest BCUT2D eigenvalue weighted by Gasteiger charge is 2.36. The molecular formula is C13H17ClFNO. The fourth-order valence-corrected chi connectivity index (χ4v) is 2.27. The highest BCUT2D eigenvalue weighted by molar-refractivity contribution is 6.30. The predicted molar refractivity (Wildman–Crippen MR) is 66.7 cm³/mol. The van der Waals surface area contributed by atoms with E-state index >= 15 is 0 Å². The number of ether oxygens (including phenoxy) is 1. The van der Waals surface area contributed by atoms with Gasteiger partial charge in [-0.25, -0.2) is 4.39 Å². The third-order valence-corrected chi connectivity index (χ3v) is 3.71. The zero-order valence-corrected chi connectivity index (χ0v) is 10.7. The Morgan fingerprint density at radius 2 is 2.24 bits per heavy atom. The first-order chi connectivity index (χ1) is 8.15. The van der Waals surface area contributed by atoms with E-state index in [0.29, 0.717) is 17.1 Å². The zero-order chi connectivity index (χ0) is 12.3. The van der Waals surface area contributed by atoms with E-state index in [-0.39, 0.29) is 11.4 Å². The Morgan fingerprint density at radius 3 is 2.76 bits per heavy atom. The number of halogens is 2. The van der Waals surface area contributed by atoms with Gasteiger partial charge in [0.25, 0.3) is 0 Å². The molecule has 0 radical (unpaired) electrons. The first kappa shape index (κ1) is 12.8. The average Bonchev–Trinajstić information content (AvgIpc) is 2.25. The highest BCUT2D eigenvalue weighted by Crippen LogP contribution is 2.34. The molecule has 1 saturated carbocycles. The van der Waals surface area contributed by atoms with Crippen molar-refractivity contribution in [2.24, 2.45) is 0 Å². The molecule has 1 aliphatic carbocycles. The van der Waals surface area contributed by atoms with Crippen molar-refractivity contribution in [1.82, 2.24) is 5.32 Å². The van der Waals surface area contributed by atoms with Gasteiger partial charge in [-0.05, 0) is 31.4 Å². The fraction of sp³-hybridized carbons (Fsp3) is 0.538. The van der Waals surface area contributed by atoms with E-state index in [1.807, 2.05) is 0 Å². The zero-order valence-electron chi connectivity index (χ0n) is 9.93. The van der Waals surface area contributed by atoms with Gasteiger partial charge in [-0.1, -0.05) is 17.7 Å². The minimum atomic E-state index is -0.259. The SMILES string of the molecule is COC1(CNCc2ccc(Cl)cc2F)CCC1. The molecular weight excluding hydrogens is 241 g/mol. The lowest BCUT2D eigenvalue weighted by molar-refractivity contribution is -0.0695. The quantitative estimate of drug-likeness (QED) is 0.875. The monoisotopic (exact) mass is 257 g/mol. The molecule has 17 heavy (non-hydrogen) atoms. The molecule has 2 nitrogen and oxygen atoms in total. The van der Waals surface area contributed by atoms with Crippen LogP contribution in [0.5, 0.6) is 0 Å². The van der Waals surface area contributed by atoms with Crippen molar-refractivity contribution in [3.05, 3.63) is 34.6 Å². The Bertz CT molecular complexity index is 387. The van der Waals surface area contributed by atoms with Gasteiger partial charge < -0.3 is 10.1 Å². The summed E-state index contributed by atoms with van der Waals surface area (Å²) in [5, 5.41) is 3.68. The molecule has 1 aromatic carbocycles. The molecule has 94 valence electrons. The number of hydrogen-bond acceptors (Lipinski definition) is 2. The van der Waals surface area contributed by atoms with Crippen LogP contribution in [0.1, 0.15) is 24.8 Å². The lowest BCUT2D eigenvalue weighted by Crippen LogP contribution is -2.47. The summed E-state index contributed by atoms with van der Waals surface area (Å²) in [6.07, 6.45) is 3.38. The van der Waals surface area contributed by atoms with Crippen LogP contribution in [0.4, 0.5) is 4.39 Å². The van der Waals surface area contributed by atoms with Crippen LogP contribution < -0.4 is 5.32 Å². The first-order valence-corrected chi connectivity index (χ1v) is 6.23. The third-order valence-electron chi connectivity index (χ3n) is 3.48. The van der Waals surface area contributed by atoms with Crippen molar-refractivity contribution >= 4 is 11.6 Å². The second-order valence-corrected chi connectivity index (χ2v) is 5.02. The molecule has 0 aromatic heterocycles. The Kier molecular flexibility index (Phi) is 4.02. The van der Waals surface area contributed by atoms with Gasteiger partial charge in [0.2, 0.25) is 0 Å². The van der Waals surface area contributed by atoms with Crippen LogP contribution in [0.25, 0.3) is 0 Å². The second kappa shape index (κ2) is 5.34. The molecule has 0 unspecified atom stereocenters. The molecule has 1 aromatic rings. The van der Waals surface area contributed by atoms with E-state index in [1.54, 1.807) is 19.2 Å². The summed E-state index contributed by atoms with van der Waals surface area (Å²) in [5.41, 5.74) is 0.614. The van der Waals surface area contributed by atoms with Gasteiger partial charge in [0.15, 0.2) is 0 Å². The number of methoxy groups -OCH3 is 1. The van der Waals surface area contributed by atoms with E-state index in [0.717, 1.165) is 19.4 Å². The van der Waals surface area contributed by atoms with Crippen molar-refractivity contribution in [3.8, 4) is 0 Å². The third kappa shape index (κ3) is 2.97. The molecule has 0 amide bonds. The summed E-state index contributed by atoms with van der Waals surface area (Å²) in [6, 6.07) is 4.76. The lowest BCUT2D eigenvalue weighted by atomic mass is 9.80. The van der Waals surface area contributed by atoms with E-state index < -0.39 is 0 Å². The topological polar surface area (TPSA) is 21.3 Å². The Balaban J connectivity index is 1.85. The number of benzene rings is 1. The number of rotatable bonds is 5. The Hall–Kier alpha value is -0.640. The van der Waals surface area contributed by atoms with Crippen LogP contribution in [0.15, 0.2) is 18.2 Å².